The van der Waals surface area contributed by atoms with Gasteiger partial charge in [0.15, 0.2) is 0 Å². The van der Waals surface area contributed by atoms with Crippen molar-refractivity contribution in [3.63, 3.8) is 0 Å². The van der Waals surface area contributed by atoms with Crippen LogP contribution in [0.4, 0.5) is 0 Å². The molecule has 4 heterocycles. The highest BCUT2D eigenvalue weighted by Gasteiger charge is 2.39. The quantitative estimate of drug-likeness (QED) is 0.733. The third-order valence-corrected chi connectivity index (χ3v) is 6.43. The van der Waals surface area contributed by atoms with Crippen LogP contribution in [-0.4, -0.2) is 65.2 Å². The third kappa shape index (κ3) is 3.77. The molecule has 0 aliphatic carbocycles. The lowest BCUT2D eigenvalue weighted by atomic mass is 9.95. The summed E-state index contributed by atoms with van der Waals surface area (Å²) in [5.41, 5.74) is 1.22. The number of fused-ring (bicyclic) bond motifs is 4. The molecule has 1 amide bonds. The number of carbonyl (C=O) groups is 1. The van der Waals surface area contributed by atoms with Crippen LogP contribution in [0, 0.1) is 19.8 Å². The minimum absolute atomic E-state index is 0.109. The van der Waals surface area contributed by atoms with Crippen molar-refractivity contribution >= 4 is 15.9 Å². The van der Waals surface area contributed by atoms with Crippen LogP contribution in [0.1, 0.15) is 24.1 Å². The van der Waals surface area contributed by atoms with Crippen LogP contribution in [0.5, 0.6) is 0 Å². The molecule has 9 heteroatoms. The van der Waals surface area contributed by atoms with Gasteiger partial charge in [-0.05, 0) is 38.2 Å². The third-order valence-electron chi connectivity index (χ3n) is 5.19. The summed E-state index contributed by atoms with van der Waals surface area (Å²) in [6.07, 6.45) is 2.92. The predicted octanol–water partition coefficient (Wildman–Crippen LogP) is -0.257. The molecule has 3 saturated heterocycles. The topological polar surface area (TPSA) is 92.6 Å². The fraction of sp³-hybridized carbons (Fsp3) is 0.688. The Morgan fingerprint density at radius 3 is 2.64 bits per heavy atom. The van der Waals surface area contributed by atoms with Crippen molar-refractivity contribution in [2.75, 3.05) is 25.9 Å². The SMILES string of the molecule is Cc1cc(=O)n(CC(=O)N2C[C@@H]3CC[C@H]2CN(S(C)(=O)=O)C3)nc1C. The first-order valence-corrected chi connectivity index (χ1v) is 10.3. The number of carbonyl (C=O) groups excluding carboxylic acids is 1. The Morgan fingerprint density at radius 2 is 1.96 bits per heavy atom. The number of hydrogen-bond acceptors (Lipinski definition) is 5. The highest BCUT2D eigenvalue weighted by molar-refractivity contribution is 7.88. The molecule has 0 saturated carbocycles. The molecule has 8 nitrogen and oxygen atoms in total. The molecule has 25 heavy (non-hydrogen) atoms. The van der Waals surface area contributed by atoms with Gasteiger partial charge < -0.3 is 4.90 Å². The molecule has 1 aromatic heterocycles. The summed E-state index contributed by atoms with van der Waals surface area (Å²) >= 11 is 0. The molecular weight excluding hydrogens is 344 g/mol. The van der Waals surface area contributed by atoms with Gasteiger partial charge in [-0.15, -0.1) is 0 Å². The Kier molecular flexibility index (Phi) is 4.72. The minimum atomic E-state index is -3.27. The molecule has 0 unspecified atom stereocenters. The molecular formula is C16H24N4O4S. The maximum Gasteiger partial charge on any atom is 0.267 e. The fourth-order valence-corrected chi connectivity index (χ4v) is 4.55. The lowest BCUT2D eigenvalue weighted by Crippen LogP contribution is -2.49. The van der Waals surface area contributed by atoms with E-state index in [1.165, 1.54) is 21.3 Å². The van der Waals surface area contributed by atoms with Gasteiger partial charge in [0.25, 0.3) is 5.56 Å². The van der Waals surface area contributed by atoms with Crippen LogP contribution in [0.15, 0.2) is 10.9 Å². The largest absolute Gasteiger partial charge is 0.336 e. The molecule has 0 aromatic carbocycles. The summed E-state index contributed by atoms with van der Waals surface area (Å²) in [5, 5.41) is 4.20. The Morgan fingerprint density at radius 1 is 1.24 bits per heavy atom. The Labute approximate surface area is 147 Å². The number of amides is 1. The molecule has 138 valence electrons. The number of piperidine rings is 1. The number of aromatic nitrogens is 2. The summed E-state index contributed by atoms with van der Waals surface area (Å²) in [6, 6.07) is 1.35. The first-order valence-electron chi connectivity index (χ1n) is 8.45. The zero-order chi connectivity index (χ0) is 18.4. The van der Waals surface area contributed by atoms with Crippen molar-refractivity contribution in [2.45, 2.75) is 39.3 Å². The second kappa shape index (κ2) is 6.53. The number of aryl methyl sites for hydroxylation is 2. The van der Waals surface area contributed by atoms with Gasteiger partial charge in [0.1, 0.15) is 6.54 Å². The standard InChI is InChI=1S/C16H24N4O4S/c1-11-6-15(21)20(17-12(11)2)10-16(22)19-8-13-4-5-14(19)9-18(7-13)25(3,23)24/h6,13-14H,4-5,7-10H2,1-3H3/t13-,14+/m1/s1. The monoisotopic (exact) mass is 368 g/mol. The maximum absolute atomic E-state index is 12.8. The molecule has 2 atom stereocenters. The zero-order valence-electron chi connectivity index (χ0n) is 14.8. The number of nitrogens with zero attached hydrogens (tertiary/aromatic N) is 4. The van der Waals surface area contributed by atoms with Gasteiger partial charge >= 0.3 is 0 Å². The van der Waals surface area contributed by atoms with Gasteiger partial charge in [-0.1, -0.05) is 0 Å². The predicted molar refractivity (Wildman–Crippen MR) is 92.6 cm³/mol. The van der Waals surface area contributed by atoms with Crippen molar-refractivity contribution in [2.24, 2.45) is 5.92 Å². The van der Waals surface area contributed by atoms with Crippen molar-refractivity contribution in [3.8, 4) is 0 Å². The van der Waals surface area contributed by atoms with E-state index < -0.39 is 10.0 Å². The summed E-state index contributed by atoms with van der Waals surface area (Å²) in [7, 11) is -3.27. The van der Waals surface area contributed by atoms with Crippen LogP contribution in [-0.2, 0) is 21.4 Å². The van der Waals surface area contributed by atoms with Crippen molar-refractivity contribution in [1.29, 1.82) is 0 Å². The number of sulfonamides is 1. The van der Waals surface area contributed by atoms with Crippen LogP contribution in [0.2, 0.25) is 0 Å². The van der Waals surface area contributed by atoms with E-state index in [2.05, 4.69) is 5.10 Å². The van der Waals surface area contributed by atoms with Crippen LogP contribution in [0.25, 0.3) is 0 Å². The van der Waals surface area contributed by atoms with E-state index in [4.69, 9.17) is 0 Å². The van der Waals surface area contributed by atoms with Crippen molar-refractivity contribution in [1.82, 2.24) is 19.0 Å². The molecule has 0 spiro atoms. The normalized spacial score (nSPS) is 24.4. The molecule has 0 N–H and O–H groups in total. The lowest BCUT2D eigenvalue weighted by molar-refractivity contribution is -0.136. The number of rotatable bonds is 3. The van der Waals surface area contributed by atoms with Crippen molar-refractivity contribution < 1.29 is 13.2 Å². The van der Waals surface area contributed by atoms with E-state index in [0.717, 1.165) is 18.4 Å². The smallest absolute Gasteiger partial charge is 0.267 e. The summed E-state index contributed by atoms with van der Waals surface area (Å²) in [5.74, 6) is -0.0373. The molecule has 3 aliphatic heterocycles. The van der Waals surface area contributed by atoms with E-state index in [1.807, 2.05) is 6.92 Å². The van der Waals surface area contributed by atoms with Gasteiger partial charge in [0.2, 0.25) is 15.9 Å². The average molecular weight is 368 g/mol. The summed E-state index contributed by atoms with van der Waals surface area (Å²) in [4.78, 5) is 26.6. The molecule has 3 aliphatic rings. The van der Waals surface area contributed by atoms with Gasteiger partial charge in [-0.3, -0.25) is 9.59 Å². The van der Waals surface area contributed by atoms with E-state index in [1.54, 1.807) is 11.8 Å². The van der Waals surface area contributed by atoms with Crippen LogP contribution >= 0.6 is 0 Å². The van der Waals surface area contributed by atoms with E-state index in [9.17, 15) is 18.0 Å². The molecule has 2 bridgehead atoms. The molecule has 1 aromatic rings. The lowest BCUT2D eigenvalue weighted by Gasteiger charge is -2.36. The Bertz CT molecular complexity index is 848. The highest BCUT2D eigenvalue weighted by atomic mass is 32.2. The Balaban J connectivity index is 1.79. The zero-order valence-corrected chi connectivity index (χ0v) is 15.6. The second-order valence-electron chi connectivity index (χ2n) is 7.13. The fourth-order valence-electron chi connectivity index (χ4n) is 3.62. The van der Waals surface area contributed by atoms with Gasteiger partial charge in [-0.25, -0.2) is 13.1 Å². The maximum atomic E-state index is 12.8. The second-order valence-corrected chi connectivity index (χ2v) is 9.11. The molecule has 0 radical (unpaired) electrons. The van der Waals surface area contributed by atoms with Gasteiger partial charge in [0.05, 0.1) is 11.9 Å². The summed E-state index contributed by atoms with van der Waals surface area (Å²) in [6.45, 7) is 4.82. The van der Waals surface area contributed by atoms with E-state index >= 15 is 0 Å². The minimum Gasteiger partial charge on any atom is -0.336 e. The highest BCUT2D eigenvalue weighted by Crippen LogP contribution is 2.29. The molecule has 4 rings (SSSR count). The van der Waals surface area contributed by atoms with E-state index in [0.29, 0.717) is 25.3 Å². The van der Waals surface area contributed by atoms with Gasteiger partial charge in [0, 0.05) is 31.7 Å². The average Bonchev–Trinajstić information content (AvgIpc) is 2.84. The van der Waals surface area contributed by atoms with Crippen LogP contribution < -0.4 is 5.56 Å². The molecule has 3 fully saturated rings. The Hall–Kier alpha value is -1.74. The van der Waals surface area contributed by atoms with E-state index in [-0.39, 0.29) is 30.0 Å². The number of hydrogen-bond donors (Lipinski definition) is 0. The van der Waals surface area contributed by atoms with Crippen molar-refractivity contribution in [3.05, 3.63) is 27.7 Å². The first kappa shape index (κ1) is 18.1. The summed E-state index contributed by atoms with van der Waals surface area (Å²) < 4.78 is 26.5. The first-order chi connectivity index (χ1) is 11.6. The van der Waals surface area contributed by atoms with Crippen LogP contribution in [0.3, 0.4) is 0 Å². The van der Waals surface area contributed by atoms with Gasteiger partial charge in [-0.2, -0.15) is 9.40 Å².